The molecule has 0 aliphatic carbocycles. The van der Waals surface area contributed by atoms with Crippen LogP contribution in [0.25, 0.3) is 0 Å². The van der Waals surface area contributed by atoms with Crippen LogP contribution in [-0.2, 0) is 14.3 Å². The molecule has 0 fully saturated rings. The SMILES string of the molecule is CC/C=C\C/C=C\C/C=C\CCCCCCCC(=O)OC(CCCC)CCCCCCCCCC(=O)O. The molecule has 37 heavy (non-hydrogen) atoms. The number of hydrogen-bond donors (Lipinski definition) is 1. The molecule has 0 aromatic rings. The number of carboxylic acid groups (broad SMARTS) is 1. The molecule has 0 radical (unpaired) electrons. The first-order valence-electron chi connectivity index (χ1n) is 15.5. The van der Waals surface area contributed by atoms with E-state index in [1.165, 1.54) is 38.5 Å². The van der Waals surface area contributed by atoms with Gasteiger partial charge in [-0.2, -0.15) is 0 Å². The van der Waals surface area contributed by atoms with Gasteiger partial charge in [0.2, 0.25) is 0 Å². The number of rotatable bonds is 27. The van der Waals surface area contributed by atoms with Crippen LogP contribution in [0.15, 0.2) is 36.5 Å². The summed E-state index contributed by atoms with van der Waals surface area (Å²) in [6.45, 7) is 4.34. The lowest BCUT2D eigenvalue weighted by Gasteiger charge is -2.18. The van der Waals surface area contributed by atoms with E-state index in [0.717, 1.165) is 89.9 Å². The van der Waals surface area contributed by atoms with Crippen molar-refractivity contribution in [1.82, 2.24) is 0 Å². The standard InChI is InChI=1S/C33H58O4/c1-3-5-7-8-9-10-11-12-13-14-15-16-20-23-26-30-33(36)37-31(27-6-4-2)28-24-21-18-17-19-22-25-29-32(34)35/h5,7,9-10,12-13,31H,3-4,6,8,11,14-30H2,1-2H3,(H,34,35)/b7-5-,10-9-,13-12-. The van der Waals surface area contributed by atoms with Gasteiger partial charge in [0.1, 0.15) is 6.10 Å². The van der Waals surface area contributed by atoms with Gasteiger partial charge in [0.25, 0.3) is 0 Å². The van der Waals surface area contributed by atoms with Crippen LogP contribution in [0.3, 0.4) is 0 Å². The Balaban J connectivity index is 3.75. The van der Waals surface area contributed by atoms with E-state index in [0.29, 0.717) is 6.42 Å². The molecule has 0 spiro atoms. The maximum Gasteiger partial charge on any atom is 0.306 e. The van der Waals surface area contributed by atoms with Crippen molar-refractivity contribution in [2.45, 2.75) is 161 Å². The van der Waals surface area contributed by atoms with Gasteiger partial charge in [-0.05, 0) is 64.2 Å². The second-order valence-corrected chi connectivity index (χ2v) is 10.3. The Kier molecular flexibility index (Phi) is 27.3. The zero-order valence-electron chi connectivity index (χ0n) is 24.3. The van der Waals surface area contributed by atoms with Gasteiger partial charge in [-0.25, -0.2) is 0 Å². The molecule has 0 aromatic heterocycles. The highest BCUT2D eigenvalue weighted by Crippen LogP contribution is 2.17. The molecule has 0 aliphatic rings. The Morgan fingerprint density at radius 1 is 0.622 bits per heavy atom. The van der Waals surface area contributed by atoms with Crippen molar-refractivity contribution >= 4 is 11.9 Å². The van der Waals surface area contributed by atoms with Crippen LogP contribution in [0, 0.1) is 0 Å². The highest BCUT2D eigenvalue weighted by Gasteiger charge is 2.13. The summed E-state index contributed by atoms with van der Waals surface area (Å²) < 4.78 is 5.84. The highest BCUT2D eigenvalue weighted by atomic mass is 16.5. The lowest BCUT2D eigenvalue weighted by atomic mass is 10.0. The van der Waals surface area contributed by atoms with Crippen molar-refractivity contribution in [3.05, 3.63) is 36.5 Å². The molecule has 0 bridgehead atoms. The van der Waals surface area contributed by atoms with Crippen molar-refractivity contribution in [3.8, 4) is 0 Å². The Morgan fingerprint density at radius 3 is 1.76 bits per heavy atom. The minimum absolute atomic E-state index is 0.0132. The second kappa shape index (κ2) is 28.7. The number of unbranched alkanes of at least 4 members (excludes halogenated alkanes) is 12. The third kappa shape index (κ3) is 28.6. The first-order valence-corrected chi connectivity index (χ1v) is 15.5. The van der Waals surface area contributed by atoms with Crippen LogP contribution in [0.2, 0.25) is 0 Å². The summed E-state index contributed by atoms with van der Waals surface area (Å²) in [6, 6.07) is 0. The Bertz CT molecular complexity index is 605. The lowest BCUT2D eigenvalue weighted by molar-refractivity contribution is -0.150. The van der Waals surface area contributed by atoms with Crippen molar-refractivity contribution < 1.29 is 19.4 Å². The molecule has 4 nitrogen and oxygen atoms in total. The molecule has 0 heterocycles. The van der Waals surface area contributed by atoms with E-state index in [9.17, 15) is 9.59 Å². The lowest BCUT2D eigenvalue weighted by Crippen LogP contribution is -2.18. The number of allylic oxidation sites excluding steroid dienone is 6. The van der Waals surface area contributed by atoms with Gasteiger partial charge >= 0.3 is 11.9 Å². The number of carbonyl (C=O) groups excluding carboxylic acids is 1. The Labute approximate surface area is 229 Å². The van der Waals surface area contributed by atoms with Gasteiger partial charge in [0.05, 0.1) is 0 Å². The smallest absolute Gasteiger partial charge is 0.306 e. The summed E-state index contributed by atoms with van der Waals surface area (Å²) in [5.41, 5.74) is 0. The molecule has 1 unspecified atom stereocenters. The molecule has 0 aliphatic heterocycles. The molecular weight excluding hydrogens is 460 g/mol. The van der Waals surface area contributed by atoms with E-state index in [2.05, 4.69) is 50.3 Å². The van der Waals surface area contributed by atoms with Crippen LogP contribution in [-0.4, -0.2) is 23.1 Å². The monoisotopic (exact) mass is 518 g/mol. The zero-order valence-corrected chi connectivity index (χ0v) is 24.3. The molecular formula is C33H58O4. The normalized spacial score (nSPS) is 12.7. The average Bonchev–Trinajstić information content (AvgIpc) is 2.88. The number of hydrogen-bond acceptors (Lipinski definition) is 3. The fourth-order valence-electron chi connectivity index (χ4n) is 4.36. The van der Waals surface area contributed by atoms with Crippen LogP contribution < -0.4 is 0 Å². The quantitative estimate of drug-likeness (QED) is 0.0667. The number of carboxylic acids is 1. The fourth-order valence-corrected chi connectivity index (χ4v) is 4.36. The van der Waals surface area contributed by atoms with Crippen molar-refractivity contribution in [2.24, 2.45) is 0 Å². The van der Waals surface area contributed by atoms with Crippen LogP contribution in [0.5, 0.6) is 0 Å². The molecule has 0 rings (SSSR count). The zero-order chi connectivity index (χ0) is 27.2. The summed E-state index contributed by atoms with van der Waals surface area (Å²) >= 11 is 0. The first-order chi connectivity index (χ1) is 18.1. The average molecular weight is 519 g/mol. The van der Waals surface area contributed by atoms with E-state index in [4.69, 9.17) is 9.84 Å². The molecule has 1 N–H and O–H groups in total. The second-order valence-electron chi connectivity index (χ2n) is 10.3. The van der Waals surface area contributed by atoms with E-state index in [-0.39, 0.29) is 18.5 Å². The molecule has 4 heteroatoms. The van der Waals surface area contributed by atoms with Crippen molar-refractivity contribution in [1.29, 1.82) is 0 Å². The largest absolute Gasteiger partial charge is 0.481 e. The van der Waals surface area contributed by atoms with E-state index in [1.807, 2.05) is 0 Å². The number of ether oxygens (including phenoxy) is 1. The summed E-state index contributed by atoms with van der Waals surface area (Å²) in [7, 11) is 0. The Morgan fingerprint density at radius 2 is 1.14 bits per heavy atom. The topological polar surface area (TPSA) is 63.6 Å². The van der Waals surface area contributed by atoms with E-state index < -0.39 is 5.97 Å². The summed E-state index contributed by atoms with van der Waals surface area (Å²) in [5.74, 6) is -0.706. The summed E-state index contributed by atoms with van der Waals surface area (Å²) in [4.78, 5) is 22.9. The van der Waals surface area contributed by atoms with Gasteiger partial charge < -0.3 is 9.84 Å². The van der Waals surface area contributed by atoms with Crippen molar-refractivity contribution in [2.75, 3.05) is 0 Å². The molecule has 0 saturated heterocycles. The number of aliphatic carboxylic acids is 1. The maximum atomic E-state index is 12.4. The number of carbonyl (C=O) groups is 2. The van der Waals surface area contributed by atoms with Gasteiger partial charge in [0.15, 0.2) is 0 Å². The number of esters is 1. The van der Waals surface area contributed by atoms with Gasteiger partial charge in [-0.3, -0.25) is 9.59 Å². The highest BCUT2D eigenvalue weighted by molar-refractivity contribution is 5.69. The molecule has 214 valence electrons. The van der Waals surface area contributed by atoms with Crippen molar-refractivity contribution in [3.63, 3.8) is 0 Å². The molecule has 0 amide bonds. The minimum atomic E-state index is -0.693. The molecule has 0 aromatic carbocycles. The maximum absolute atomic E-state index is 12.4. The van der Waals surface area contributed by atoms with Gasteiger partial charge in [-0.15, -0.1) is 0 Å². The van der Waals surface area contributed by atoms with E-state index in [1.54, 1.807) is 0 Å². The van der Waals surface area contributed by atoms with Crippen LogP contribution in [0.4, 0.5) is 0 Å². The van der Waals surface area contributed by atoms with Gasteiger partial charge in [0, 0.05) is 12.8 Å². The van der Waals surface area contributed by atoms with Gasteiger partial charge in [-0.1, -0.05) is 115 Å². The van der Waals surface area contributed by atoms with Crippen LogP contribution >= 0.6 is 0 Å². The summed E-state index contributed by atoms with van der Waals surface area (Å²) in [6.07, 6.45) is 36.1. The van der Waals surface area contributed by atoms with E-state index >= 15 is 0 Å². The predicted molar refractivity (Wildman–Crippen MR) is 158 cm³/mol. The molecule has 1 atom stereocenters. The third-order valence-corrected chi connectivity index (χ3v) is 6.63. The van der Waals surface area contributed by atoms with Crippen LogP contribution in [0.1, 0.15) is 155 Å². The Hall–Kier alpha value is -1.84. The predicted octanol–water partition coefficient (Wildman–Crippen LogP) is 10.3. The first kappa shape index (κ1) is 35.2. The minimum Gasteiger partial charge on any atom is -0.481 e. The third-order valence-electron chi connectivity index (χ3n) is 6.63. The molecule has 0 saturated carbocycles. The fraction of sp³-hybridized carbons (Fsp3) is 0.758. The summed E-state index contributed by atoms with van der Waals surface area (Å²) in [5, 5.41) is 8.67.